The second-order valence-electron chi connectivity index (χ2n) is 3.96. The molecule has 20 heavy (non-hydrogen) atoms. The number of carboxylic acid groups (broad SMARTS) is 1. The van der Waals surface area contributed by atoms with E-state index in [4.69, 9.17) is 15.6 Å². The first-order valence-corrected chi connectivity index (χ1v) is 6.47. The smallest absolute Gasteiger partial charge is 0.338 e. The van der Waals surface area contributed by atoms with Gasteiger partial charge in [-0.05, 0) is 30.3 Å². The van der Waals surface area contributed by atoms with E-state index in [9.17, 15) is 9.18 Å². The molecule has 0 aliphatic rings. The normalized spacial score (nSPS) is 10.3. The summed E-state index contributed by atoms with van der Waals surface area (Å²) >= 11 is 1.24. The van der Waals surface area contributed by atoms with Gasteiger partial charge in [0, 0.05) is 15.5 Å². The maximum Gasteiger partial charge on any atom is 0.338 e. The zero-order valence-electron chi connectivity index (χ0n) is 10.6. The standard InChI is InChI=1S/C14H12FNO3S/c1-19-8-3-2-4-9(5-8)20-13-7-11(15)10(14(17)18)6-12(13)16/h2-7H,16H2,1H3,(H,17,18). The molecular formula is C14H12FNO3S. The molecule has 0 fully saturated rings. The van der Waals surface area contributed by atoms with Crippen molar-refractivity contribution in [2.75, 3.05) is 12.8 Å². The lowest BCUT2D eigenvalue weighted by Gasteiger charge is -2.08. The van der Waals surface area contributed by atoms with E-state index < -0.39 is 17.3 Å². The van der Waals surface area contributed by atoms with Crippen LogP contribution in [0.4, 0.5) is 10.1 Å². The van der Waals surface area contributed by atoms with Crippen LogP contribution in [0.5, 0.6) is 5.75 Å². The summed E-state index contributed by atoms with van der Waals surface area (Å²) in [5, 5.41) is 8.82. The molecule has 0 saturated heterocycles. The topological polar surface area (TPSA) is 72.5 Å². The Bertz CT molecular complexity index is 661. The van der Waals surface area contributed by atoms with Gasteiger partial charge >= 0.3 is 5.97 Å². The predicted molar refractivity (Wildman–Crippen MR) is 74.9 cm³/mol. The highest BCUT2D eigenvalue weighted by Crippen LogP contribution is 2.35. The number of benzene rings is 2. The van der Waals surface area contributed by atoms with Crippen LogP contribution in [-0.2, 0) is 0 Å². The van der Waals surface area contributed by atoms with E-state index in [1.165, 1.54) is 11.8 Å². The third-order valence-electron chi connectivity index (χ3n) is 2.60. The monoisotopic (exact) mass is 293 g/mol. The van der Waals surface area contributed by atoms with Gasteiger partial charge in [-0.15, -0.1) is 0 Å². The molecule has 0 aromatic heterocycles. The van der Waals surface area contributed by atoms with Gasteiger partial charge in [-0.2, -0.15) is 0 Å². The number of anilines is 1. The molecule has 0 amide bonds. The maximum atomic E-state index is 13.7. The molecule has 0 atom stereocenters. The minimum absolute atomic E-state index is 0.219. The molecule has 4 nitrogen and oxygen atoms in total. The van der Waals surface area contributed by atoms with Gasteiger partial charge in [0.15, 0.2) is 0 Å². The second kappa shape index (κ2) is 5.83. The Kier molecular flexibility index (Phi) is 4.14. The van der Waals surface area contributed by atoms with Gasteiger partial charge in [0.2, 0.25) is 0 Å². The molecule has 0 heterocycles. The fourth-order valence-electron chi connectivity index (χ4n) is 1.62. The van der Waals surface area contributed by atoms with Crippen molar-refractivity contribution in [3.8, 4) is 5.75 Å². The van der Waals surface area contributed by atoms with Gasteiger partial charge in [-0.1, -0.05) is 17.8 Å². The summed E-state index contributed by atoms with van der Waals surface area (Å²) in [5.41, 5.74) is 5.55. The number of nitrogen functional groups attached to an aromatic ring is 1. The number of halogens is 1. The van der Waals surface area contributed by atoms with Crippen LogP contribution in [0, 0.1) is 5.82 Å². The zero-order valence-corrected chi connectivity index (χ0v) is 11.4. The minimum atomic E-state index is -1.34. The van der Waals surface area contributed by atoms with E-state index >= 15 is 0 Å². The number of carboxylic acids is 1. The first-order chi connectivity index (χ1) is 9.51. The van der Waals surface area contributed by atoms with E-state index in [-0.39, 0.29) is 5.69 Å². The van der Waals surface area contributed by atoms with Crippen molar-refractivity contribution in [1.29, 1.82) is 0 Å². The number of rotatable bonds is 4. The third-order valence-corrected chi connectivity index (χ3v) is 3.66. The van der Waals surface area contributed by atoms with E-state index in [0.717, 1.165) is 17.0 Å². The van der Waals surface area contributed by atoms with Crippen molar-refractivity contribution in [3.63, 3.8) is 0 Å². The van der Waals surface area contributed by atoms with Gasteiger partial charge in [0.05, 0.1) is 12.7 Å². The summed E-state index contributed by atoms with van der Waals surface area (Å²) in [5.74, 6) is -1.47. The first kappa shape index (κ1) is 14.2. The molecule has 2 aromatic rings. The van der Waals surface area contributed by atoms with Gasteiger partial charge in [0.25, 0.3) is 0 Å². The quantitative estimate of drug-likeness (QED) is 0.846. The number of hydrogen-bond donors (Lipinski definition) is 2. The average molecular weight is 293 g/mol. The van der Waals surface area contributed by atoms with Crippen molar-refractivity contribution in [1.82, 2.24) is 0 Å². The van der Waals surface area contributed by atoms with E-state index in [1.807, 2.05) is 6.07 Å². The van der Waals surface area contributed by atoms with Crippen LogP contribution in [0.25, 0.3) is 0 Å². The fourth-order valence-corrected chi connectivity index (χ4v) is 2.53. The Morgan fingerprint density at radius 3 is 2.75 bits per heavy atom. The molecule has 104 valence electrons. The maximum absolute atomic E-state index is 13.7. The summed E-state index contributed by atoms with van der Waals surface area (Å²) in [6.45, 7) is 0. The van der Waals surface area contributed by atoms with Gasteiger partial charge < -0.3 is 15.6 Å². The van der Waals surface area contributed by atoms with Crippen molar-refractivity contribution in [2.24, 2.45) is 0 Å². The molecule has 3 N–H and O–H groups in total. The first-order valence-electron chi connectivity index (χ1n) is 5.65. The Hall–Kier alpha value is -2.21. The van der Waals surface area contributed by atoms with E-state index in [2.05, 4.69) is 0 Å². The van der Waals surface area contributed by atoms with Crippen molar-refractivity contribution < 1.29 is 19.0 Å². The predicted octanol–water partition coefficient (Wildman–Crippen LogP) is 3.27. The van der Waals surface area contributed by atoms with E-state index in [0.29, 0.717) is 10.6 Å². The number of methoxy groups -OCH3 is 1. The summed E-state index contributed by atoms with van der Waals surface area (Å²) in [6.07, 6.45) is 0. The Balaban J connectivity index is 2.34. The molecule has 0 bridgehead atoms. The lowest BCUT2D eigenvalue weighted by atomic mass is 10.2. The van der Waals surface area contributed by atoms with Crippen LogP contribution in [0.3, 0.4) is 0 Å². The molecule has 0 radical (unpaired) electrons. The fraction of sp³-hybridized carbons (Fsp3) is 0.0714. The second-order valence-corrected chi connectivity index (χ2v) is 5.07. The van der Waals surface area contributed by atoms with Crippen molar-refractivity contribution in [3.05, 3.63) is 47.8 Å². The molecule has 0 unspecified atom stereocenters. The van der Waals surface area contributed by atoms with Crippen LogP contribution in [0.15, 0.2) is 46.2 Å². The lowest BCUT2D eigenvalue weighted by Crippen LogP contribution is -2.03. The summed E-state index contributed by atoms with van der Waals surface area (Å²) in [4.78, 5) is 12.1. The molecule has 2 rings (SSSR count). The minimum Gasteiger partial charge on any atom is -0.497 e. The van der Waals surface area contributed by atoms with Crippen LogP contribution in [0.1, 0.15) is 10.4 Å². The van der Waals surface area contributed by atoms with Crippen LogP contribution in [-0.4, -0.2) is 18.2 Å². The molecule has 0 saturated carbocycles. The number of ether oxygens (including phenoxy) is 1. The lowest BCUT2D eigenvalue weighted by molar-refractivity contribution is 0.0692. The van der Waals surface area contributed by atoms with Crippen LogP contribution in [0.2, 0.25) is 0 Å². The molecule has 6 heteroatoms. The van der Waals surface area contributed by atoms with Crippen molar-refractivity contribution in [2.45, 2.75) is 9.79 Å². The Labute approximate surface area is 119 Å². The average Bonchev–Trinajstić information content (AvgIpc) is 2.42. The number of nitrogens with two attached hydrogens (primary N) is 1. The highest BCUT2D eigenvalue weighted by atomic mass is 32.2. The van der Waals surface area contributed by atoms with Gasteiger partial charge in [-0.3, -0.25) is 0 Å². The number of carbonyl (C=O) groups is 1. The third kappa shape index (κ3) is 3.03. The van der Waals surface area contributed by atoms with Crippen LogP contribution < -0.4 is 10.5 Å². The summed E-state index contributed by atoms with van der Waals surface area (Å²) in [6, 6.07) is 9.46. The van der Waals surface area contributed by atoms with Crippen molar-refractivity contribution >= 4 is 23.4 Å². The SMILES string of the molecule is COc1cccc(Sc2cc(F)c(C(=O)O)cc2N)c1. The molecule has 0 aliphatic carbocycles. The molecular weight excluding hydrogens is 281 g/mol. The largest absolute Gasteiger partial charge is 0.497 e. The van der Waals surface area contributed by atoms with Gasteiger partial charge in [-0.25, -0.2) is 9.18 Å². The number of aromatic carboxylic acids is 1. The van der Waals surface area contributed by atoms with Gasteiger partial charge in [0.1, 0.15) is 11.6 Å². The summed E-state index contributed by atoms with van der Waals surface area (Å²) in [7, 11) is 1.56. The Morgan fingerprint density at radius 2 is 2.10 bits per heavy atom. The number of hydrogen-bond acceptors (Lipinski definition) is 4. The highest BCUT2D eigenvalue weighted by Gasteiger charge is 2.14. The molecule has 0 spiro atoms. The zero-order chi connectivity index (χ0) is 14.7. The molecule has 2 aromatic carbocycles. The Morgan fingerprint density at radius 1 is 1.35 bits per heavy atom. The van der Waals surface area contributed by atoms with Crippen LogP contribution >= 0.6 is 11.8 Å². The highest BCUT2D eigenvalue weighted by molar-refractivity contribution is 7.99. The molecule has 0 aliphatic heterocycles. The van der Waals surface area contributed by atoms with E-state index in [1.54, 1.807) is 25.3 Å². The summed E-state index contributed by atoms with van der Waals surface area (Å²) < 4.78 is 18.8.